The van der Waals surface area contributed by atoms with E-state index in [4.69, 9.17) is 18.3 Å². The zero-order chi connectivity index (χ0) is 73.6. The molecule has 13 aromatic rings. The van der Waals surface area contributed by atoms with Crippen LogP contribution in [0.25, 0.3) is 49.4 Å². The highest BCUT2D eigenvalue weighted by Gasteiger charge is 2.11. The number of thiazole rings is 1. The van der Waals surface area contributed by atoms with E-state index in [1.54, 1.807) is 48.6 Å². The van der Waals surface area contributed by atoms with Crippen molar-refractivity contribution < 1.29 is 18.3 Å². The van der Waals surface area contributed by atoms with Crippen LogP contribution in [-0.4, -0.2) is 59.3 Å². The number of nitrogens with zero attached hydrogens (tertiary/aromatic N) is 11. The van der Waals surface area contributed by atoms with Crippen LogP contribution in [0, 0.1) is 0 Å². The van der Waals surface area contributed by atoms with Crippen molar-refractivity contribution in [1.82, 2.24) is 39.9 Å². The Hall–Kier alpha value is -10.5. The Morgan fingerprint density at radius 1 is 0.420 bits per heavy atom. The van der Waals surface area contributed by atoms with Gasteiger partial charge in [0, 0.05) is 73.0 Å². The number of hydrogen-bond donors (Lipinski definition) is 0. The minimum absolute atomic E-state index is 0.644. The molecule has 0 saturated heterocycles. The number of ether oxygens (including phenoxy) is 2. The fraction of sp³-hybridized carbons (Fsp3) is 0.298. The van der Waals surface area contributed by atoms with Gasteiger partial charge in [0.1, 0.15) is 29.8 Å². The van der Waals surface area contributed by atoms with Gasteiger partial charge in [0.2, 0.25) is 11.6 Å². The quantitative estimate of drug-likeness (QED) is 0.140. The molecule has 530 valence electrons. The molecule has 16 heteroatoms. The van der Waals surface area contributed by atoms with Crippen LogP contribution in [0.3, 0.4) is 0 Å². The second kappa shape index (κ2) is 58.7. The maximum atomic E-state index is 5.24. The van der Waals surface area contributed by atoms with Crippen molar-refractivity contribution in [1.29, 1.82) is 0 Å². The monoisotopic (exact) mass is 1370 g/mol. The summed E-state index contributed by atoms with van der Waals surface area (Å²) >= 11 is 1.68. The lowest BCUT2D eigenvalue weighted by Crippen LogP contribution is -1.87. The molecule has 1 aliphatic carbocycles. The molecule has 0 N–H and O–H groups in total. The first kappa shape index (κ1) is 87.6. The summed E-state index contributed by atoms with van der Waals surface area (Å²) in [4.78, 5) is 36.2. The Morgan fingerprint density at radius 2 is 1.03 bits per heavy atom. The highest BCUT2D eigenvalue weighted by molar-refractivity contribution is 7.16. The third kappa shape index (κ3) is 31.8. The minimum atomic E-state index is 0.644. The number of azo groups is 1. The maximum Gasteiger partial charge on any atom is 0.228 e. The van der Waals surface area contributed by atoms with Gasteiger partial charge in [-0.1, -0.05) is 234 Å². The number of para-hydroxylation sites is 5. The molecule has 0 amide bonds. The molecule has 0 atom stereocenters. The van der Waals surface area contributed by atoms with Gasteiger partial charge in [-0.2, -0.15) is 10.2 Å². The van der Waals surface area contributed by atoms with Gasteiger partial charge in [-0.15, -0.1) is 11.3 Å². The van der Waals surface area contributed by atoms with Crippen molar-refractivity contribution in [3.8, 4) is 11.6 Å². The molecular formula is C84H109N11O4S. The van der Waals surface area contributed by atoms with Crippen LogP contribution in [0.1, 0.15) is 158 Å². The Kier molecular flexibility index (Phi) is 51.4. The standard InChI is InChI=1S/C9H7N.C9H8.C8H7N.2C7H7NO.C7H5NO.C7H5NS.C6H5N3.C6H4N2O.9C2H6/c1-2-6-9-8(4-1)5-3-7-10-9;1-2-5-9-7-3-6-8(9)4-1;1-2-4-8-7(3-1)5-6-9-8;1-3-8-5-7-6(1)2-4-9-7;1-2-6-3-5-9-7(6)8-4-1;2*1-2-4-7-6(3-1)8-5-9-7;1-2-5-6(7-3-1)4-8-9-5;1-2-9-6-5(1)3-7-4-8-6;9*1-2/h1-7H;1-6H,7H2;1-4,6H,5H2;1,3,5H,2,4H2;1-2,4H,3,5H2;2*1-5H;1-3H,4H2;1-4H;9*1-2H3. The first-order chi connectivity index (χ1) is 49.7. The molecule has 5 aliphatic rings. The average Bonchev–Trinajstić information content (AvgIpc) is 2.31. The Balaban J connectivity index is 0.000000547. The van der Waals surface area contributed by atoms with E-state index in [2.05, 4.69) is 122 Å². The lowest BCUT2D eigenvalue weighted by atomic mass is 10.1. The van der Waals surface area contributed by atoms with Crippen LogP contribution in [0.5, 0.6) is 11.6 Å². The van der Waals surface area contributed by atoms with Gasteiger partial charge in [-0.3, -0.25) is 19.9 Å². The Labute approximate surface area is 601 Å². The number of rotatable bonds is 0. The average molecular weight is 1370 g/mol. The van der Waals surface area contributed by atoms with E-state index in [-0.39, 0.29) is 0 Å². The summed E-state index contributed by atoms with van der Waals surface area (Å²) in [6.07, 6.45) is 25.6. The molecular weight excluding hydrogens is 1260 g/mol. The van der Waals surface area contributed by atoms with Crippen LogP contribution in [-0.2, 0) is 32.2 Å². The fourth-order valence-corrected chi connectivity index (χ4v) is 9.10. The zero-order valence-corrected chi connectivity index (χ0v) is 63.4. The molecule has 8 aromatic heterocycles. The summed E-state index contributed by atoms with van der Waals surface area (Å²) in [5.41, 5.74) is 16.2. The van der Waals surface area contributed by atoms with Crippen LogP contribution in [0.4, 0.5) is 11.4 Å². The first-order valence-electron chi connectivity index (χ1n) is 35.5. The molecule has 0 spiro atoms. The summed E-state index contributed by atoms with van der Waals surface area (Å²) in [6, 6.07) is 56.2. The normalized spacial score (nSPS) is 10.7. The van der Waals surface area contributed by atoms with E-state index in [9.17, 15) is 0 Å². The molecule has 5 aromatic carbocycles. The van der Waals surface area contributed by atoms with Crippen LogP contribution < -0.4 is 9.47 Å². The number of aromatic nitrogens is 8. The van der Waals surface area contributed by atoms with Crippen LogP contribution in [0.2, 0.25) is 0 Å². The Morgan fingerprint density at radius 3 is 1.73 bits per heavy atom. The van der Waals surface area contributed by atoms with Crippen molar-refractivity contribution in [3.05, 3.63) is 271 Å². The van der Waals surface area contributed by atoms with E-state index in [0.717, 1.165) is 95.1 Å². The SMILES string of the molecule is C1=Cc2ccccc2C1.C1=Nc2ccccc2C1.CC.CC.CC.CC.CC.CC.CC.CC.CC.c1cc2c(cn1)OCC2.c1ccc2ncccc2c1.c1ccc2ocnc2c1.c1ccc2scnc2c1.c1cnc2c(c1)CCO2.c1cnc2c(c1)N=NC2.c1ncc2ccoc2n1. The molecule has 12 heterocycles. The van der Waals surface area contributed by atoms with Crippen LogP contribution in [0.15, 0.2) is 262 Å². The van der Waals surface area contributed by atoms with E-state index in [1.807, 2.05) is 258 Å². The van der Waals surface area contributed by atoms with Crippen molar-refractivity contribution in [2.24, 2.45) is 15.2 Å². The number of fused-ring (bicyclic) bond motifs is 9. The molecule has 15 nitrogen and oxygen atoms in total. The Bertz CT molecular complexity index is 3620. The predicted octanol–water partition coefficient (Wildman–Crippen LogP) is 24.7. The van der Waals surface area contributed by atoms with E-state index >= 15 is 0 Å². The van der Waals surface area contributed by atoms with E-state index in [0.29, 0.717) is 12.3 Å². The molecule has 18 rings (SSSR count). The van der Waals surface area contributed by atoms with Gasteiger partial charge in [-0.05, 0) is 95.9 Å². The van der Waals surface area contributed by atoms with Crippen molar-refractivity contribution >= 4 is 78.3 Å². The van der Waals surface area contributed by atoms with Gasteiger partial charge in [0.15, 0.2) is 12.0 Å². The number of oxazole rings is 1. The predicted molar refractivity (Wildman–Crippen MR) is 426 cm³/mol. The molecule has 100 heavy (non-hydrogen) atoms. The summed E-state index contributed by atoms with van der Waals surface area (Å²) in [5, 5.41) is 9.82. The summed E-state index contributed by atoms with van der Waals surface area (Å²) in [5.74, 6) is 1.77. The number of pyridine rings is 4. The second-order valence-corrected chi connectivity index (χ2v) is 18.9. The molecule has 0 fully saturated rings. The summed E-state index contributed by atoms with van der Waals surface area (Å²) in [7, 11) is 0. The number of hydrogen-bond acceptors (Lipinski definition) is 16. The highest BCUT2D eigenvalue weighted by Crippen LogP contribution is 2.25. The third-order valence-corrected chi connectivity index (χ3v) is 13.4. The molecule has 4 aliphatic heterocycles. The van der Waals surface area contributed by atoms with Gasteiger partial charge < -0.3 is 18.3 Å². The van der Waals surface area contributed by atoms with Gasteiger partial charge >= 0.3 is 0 Å². The van der Waals surface area contributed by atoms with Gasteiger partial charge in [-0.25, -0.2) is 24.9 Å². The van der Waals surface area contributed by atoms with E-state index < -0.39 is 0 Å². The lowest BCUT2D eigenvalue weighted by molar-refractivity contribution is 0.345. The topological polar surface area (TPSA) is 185 Å². The zero-order valence-electron chi connectivity index (χ0n) is 62.6. The van der Waals surface area contributed by atoms with Crippen molar-refractivity contribution in [2.75, 3.05) is 13.2 Å². The molecule has 0 radical (unpaired) electrons. The summed E-state index contributed by atoms with van der Waals surface area (Å²) < 4.78 is 21.7. The largest absolute Gasteiger partial charge is 0.491 e. The van der Waals surface area contributed by atoms with Gasteiger partial charge in [0.25, 0.3) is 0 Å². The van der Waals surface area contributed by atoms with E-state index in [1.165, 1.54) is 50.6 Å². The number of aliphatic imine (C=N–C) groups is 1. The number of allylic oxidation sites excluding steroid dienone is 1. The van der Waals surface area contributed by atoms with Crippen molar-refractivity contribution in [3.63, 3.8) is 0 Å². The molecule has 0 saturated carbocycles. The fourth-order valence-electron chi connectivity index (χ4n) is 8.42. The minimum Gasteiger partial charge on any atom is -0.491 e. The number of furan rings is 1. The van der Waals surface area contributed by atoms with Crippen LogP contribution >= 0.6 is 11.3 Å². The summed E-state index contributed by atoms with van der Waals surface area (Å²) in [6.45, 7) is 38.3. The smallest absolute Gasteiger partial charge is 0.228 e. The second-order valence-electron chi connectivity index (χ2n) is 18.0. The highest BCUT2D eigenvalue weighted by atomic mass is 32.1. The molecule has 0 bridgehead atoms. The lowest BCUT2D eigenvalue weighted by Gasteiger charge is -1.93. The molecule has 0 unspecified atom stereocenters. The first-order valence-corrected chi connectivity index (χ1v) is 36.4. The van der Waals surface area contributed by atoms with Gasteiger partial charge in [0.05, 0.1) is 63.7 Å². The number of benzene rings is 5. The third-order valence-electron chi connectivity index (χ3n) is 12.6. The van der Waals surface area contributed by atoms with Crippen molar-refractivity contribution in [2.45, 2.75) is 157 Å². The maximum absolute atomic E-state index is 5.24.